The van der Waals surface area contributed by atoms with Crippen LogP contribution in [0.1, 0.15) is 23.4 Å². The standard InChI is InChI=1S/C17H19ClN2O6S/c1-24-14-10-15(25-2)12(9-11(14)18)19-17(21)13-5-6-16(26-13)27(22,23)20-7-3-4-8-20/h5-6,9-10H,3-4,7-8H2,1-2H3,(H,19,21). The Morgan fingerprint density at radius 1 is 1.15 bits per heavy atom. The van der Waals surface area contributed by atoms with Crippen molar-refractivity contribution in [1.29, 1.82) is 0 Å². The Balaban J connectivity index is 1.82. The fourth-order valence-corrected chi connectivity index (χ4v) is 4.45. The predicted octanol–water partition coefficient (Wildman–Crippen LogP) is 2.99. The van der Waals surface area contributed by atoms with Crippen LogP contribution in [0.2, 0.25) is 5.02 Å². The number of hydrogen-bond donors (Lipinski definition) is 1. The minimum Gasteiger partial charge on any atom is -0.495 e. The van der Waals surface area contributed by atoms with Crippen molar-refractivity contribution in [3.8, 4) is 11.5 Å². The molecule has 1 aliphatic rings. The normalized spacial score (nSPS) is 14.9. The second-order valence-electron chi connectivity index (χ2n) is 5.87. The summed E-state index contributed by atoms with van der Waals surface area (Å²) in [6.45, 7) is 0.901. The quantitative estimate of drug-likeness (QED) is 0.780. The molecular weight excluding hydrogens is 396 g/mol. The first-order valence-electron chi connectivity index (χ1n) is 8.19. The van der Waals surface area contributed by atoms with Gasteiger partial charge in [0.1, 0.15) is 11.5 Å². The molecule has 1 saturated heterocycles. The van der Waals surface area contributed by atoms with E-state index in [0.717, 1.165) is 12.8 Å². The monoisotopic (exact) mass is 414 g/mol. The maximum Gasteiger partial charge on any atom is 0.291 e. The maximum atomic E-state index is 12.5. The second kappa shape index (κ2) is 7.79. The Kier molecular flexibility index (Phi) is 5.64. The molecule has 2 aromatic rings. The van der Waals surface area contributed by atoms with Crippen LogP contribution in [0.4, 0.5) is 5.69 Å². The molecule has 3 rings (SSSR count). The molecule has 146 valence electrons. The molecule has 1 aromatic heterocycles. The molecule has 8 nitrogen and oxygen atoms in total. The summed E-state index contributed by atoms with van der Waals surface area (Å²) in [6, 6.07) is 5.60. The Morgan fingerprint density at radius 2 is 1.81 bits per heavy atom. The van der Waals surface area contributed by atoms with Gasteiger partial charge in [0.15, 0.2) is 5.76 Å². The average Bonchev–Trinajstić information content (AvgIpc) is 3.34. The zero-order valence-electron chi connectivity index (χ0n) is 14.8. The van der Waals surface area contributed by atoms with Crippen LogP contribution in [0.25, 0.3) is 0 Å². The molecule has 0 atom stereocenters. The van der Waals surface area contributed by atoms with Gasteiger partial charge in [-0.25, -0.2) is 8.42 Å². The van der Waals surface area contributed by atoms with Crippen molar-refractivity contribution in [2.75, 3.05) is 32.6 Å². The second-order valence-corrected chi connectivity index (χ2v) is 8.15. The molecule has 0 spiro atoms. The predicted molar refractivity (Wildman–Crippen MR) is 99.2 cm³/mol. The highest BCUT2D eigenvalue weighted by molar-refractivity contribution is 7.89. The number of amides is 1. The lowest BCUT2D eigenvalue weighted by atomic mass is 10.2. The van der Waals surface area contributed by atoms with Crippen molar-refractivity contribution >= 4 is 33.2 Å². The number of rotatable bonds is 6. The summed E-state index contributed by atoms with van der Waals surface area (Å²) in [7, 11) is -0.830. The highest BCUT2D eigenvalue weighted by Gasteiger charge is 2.30. The van der Waals surface area contributed by atoms with Crippen LogP contribution in [0, 0.1) is 0 Å². The number of furan rings is 1. The molecule has 2 heterocycles. The van der Waals surface area contributed by atoms with Crippen LogP contribution in [-0.2, 0) is 10.0 Å². The molecule has 1 N–H and O–H groups in total. The van der Waals surface area contributed by atoms with Gasteiger partial charge in [-0.05, 0) is 31.0 Å². The first-order valence-corrected chi connectivity index (χ1v) is 10.0. The fourth-order valence-electron chi connectivity index (χ4n) is 2.78. The lowest BCUT2D eigenvalue weighted by Crippen LogP contribution is -2.27. The van der Waals surface area contributed by atoms with Crippen LogP contribution in [0.3, 0.4) is 0 Å². The van der Waals surface area contributed by atoms with E-state index in [2.05, 4.69) is 5.32 Å². The summed E-state index contributed by atoms with van der Waals surface area (Å²) in [4.78, 5) is 12.5. The van der Waals surface area contributed by atoms with E-state index in [-0.39, 0.29) is 15.9 Å². The molecule has 1 amide bonds. The zero-order valence-corrected chi connectivity index (χ0v) is 16.4. The van der Waals surface area contributed by atoms with E-state index in [9.17, 15) is 13.2 Å². The molecule has 0 saturated carbocycles. The summed E-state index contributed by atoms with van der Waals surface area (Å²) in [5, 5.41) is 2.63. The van der Waals surface area contributed by atoms with Gasteiger partial charge in [0, 0.05) is 19.2 Å². The Hall–Kier alpha value is -2.23. The van der Waals surface area contributed by atoms with E-state index in [1.165, 1.54) is 42.8 Å². The fraction of sp³-hybridized carbons (Fsp3) is 0.353. The van der Waals surface area contributed by atoms with Gasteiger partial charge in [0.2, 0.25) is 5.09 Å². The third-order valence-electron chi connectivity index (χ3n) is 4.19. The number of anilines is 1. The largest absolute Gasteiger partial charge is 0.495 e. The molecule has 0 bridgehead atoms. The van der Waals surface area contributed by atoms with Gasteiger partial charge < -0.3 is 19.2 Å². The first kappa shape index (κ1) is 19.5. The van der Waals surface area contributed by atoms with Gasteiger partial charge in [0.25, 0.3) is 15.9 Å². The highest BCUT2D eigenvalue weighted by atomic mass is 35.5. The summed E-state index contributed by atoms with van der Waals surface area (Å²) >= 11 is 6.08. The Bertz CT molecular complexity index is 950. The van der Waals surface area contributed by atoms with Crippen LogP contribution < -0.4 is 14.8 Å². The van der Waals surface area contributed by atoms with Crippen molar-refractivity contribution in [1.82, 2.24) is 4.31 Å². The minimum absolute atomic E-state index is 0.137. The molecular formula is C17H19ClN2O6S. The number of nitrogens with zero attached hydrogens (tertiary/aromatic N) is 1. The molecule has 0 unspecified atom stereocenters. The van der Waals surface area contributed by atoms with E-state index in [1.807, 2.05) is 0 Å². The van der Waals surface area contributed by atoms with Crippen molar-refractivity contribution in [2.45, 2.75) is 17.9 Å². The summed E-state index contributed by atoms with van der Waals surface area (Å²) in [6.07, 6.45) is 1.62. The maximum absolute atomic E-state index is 12.5. The molecule has 1 aromatic carbocycles. The number of halogens is 1. The number of carbonyl (C=O) groups excluding carboxylic acids is 1. The SMILES string of the molecule is COc1cc(OC)c(NC(=O)c2ccc(S(=O)(=O)N3CCCC3)o2)cc1Cl. The topological polar surface area (TPSA) is 98.1 Å². The van der Waals surface area contributed by atoms with Crippen molar-refractivity contribution in [3.05, 3.63) is 35.0 Å². The van der Waals surface area contributed by atoms with E-state index < -0.39 is 15.9 Å². The summed E-state index contributed by atoms with van der Waals surface area (Å²) in [5.74, 6) is -0.0382. The zero-order chi connectivity index (χ0) is 19.6. The minimum atomic E-state index is -3.73. The summed E-state index contributed by atoms with van der Waals surface area (Å²) in [5.41, 5.74) is 0.300. The van der Waals surface area contributed by atoms with Gasteiger partial charge in [0.05, 0.1) is 24.9 Å². The number of ether oxygens (including phenoxy) is 2. The third kappa shape index (κ3) is 3.90. The van der Waals surface area contributed by atoms with E-state index in [1.54, 1.807) is 0 Å². The van der Waals surface area contributed by atoms with Crippen molar-refractivity contribution in [3.63, 3.8) is 0 Å². The molecule has 0 aliphatic carbocycles. The van der Waals surface area contributed by atoms with Crippen LogP contribution in [-0.4, -0.2) is 45.9 Å². The summed E-state index contributed by atoms with van der Waals surface area (Å²) < 4.78 is 42.0. The first-order chi connectivity index (χ1) is 12.9. The smallest absolute Gasteiger partial charge is 0.291 e. The highest BCUT2D eigenvalue weighted by Crippen LogP contribution is 2.36. The molecule has 27 heavy (non-hydrogen) atoms. The van der Waals surface area contributed by atoms with E-state index >= 15 is 0 Å². The Morgan fingerprint density at radius 3 is 2.44 bits per heavy atom. The average molecular weight is 415 g/mol. The lowest BCUT2D eigenvalue weighted by Gasteiger charge is -2.13. The molecule has 0 radical (unpaired) electrons. The molecule has 1 fully saturated rings. The number of benzene rings is 1. The number of methoxy groups -OCH3 is 2. The number of hydrogen-bond acceptors (Lipinski definition) is 6. The number of sulfonamides is 1. The van der Waals surface area contributed by atoms with Crippen molar-refractivity contribution in [2.24, 2.45) is 0 Å². The van der Waals surface area contributed by atoms with Gasteiger partial charge in [-0.2, -0.15) is 4.31 Å². The number of carbonyl (C=O) groups is 1. The van der Waals surface area contributed by atoms with Gasteiger partial charge in [-0.3, -0.25) is 4.79 Å². The van der Waals surface area contributed by atoms with E-state index in [0.29, 0.717) is 30.3 Å². The van der Waals surface area contributed by atoms with Gasteiger partial charge in [-0.15, -0.1) is 0 Å². The molecule has 10 heteroatoms. The van der Waals surface area contributed by atoms with Gasteiger partial charge in [-0.1, -0.05) is 11.6 Å². The van der Waals surface area contributed by atoms with Crippen LogP contribution in [0.15, 0.2) is 33.8 Å². The lowest BCUT2D eigenvalue weighted by molar-refractivity contribution is 0.0991. The third-order valence-corrected chi connectivity index (χ3v) is 6.25. The molecule has 1 aliphatic heterocycles. The van der Waals surface area contributed by atoms with Crippen LogP contribution in [0.5, 0.6) is 11.5 Å². The van der Waals surface area contributed by atoms with Crippen molar-refractivity contribution < 1.29 is 27.1 Å². The van der Waals surface area contributed by atoms with Crippen LogP contribution >= 0.6 is 11.6 Å². The Labute approximate surface area is 162 Å². The number of nitrogens with one attached hydrogen (secondary N) is 1. The van der Waals surface area contributed by atoms with E-state index in [4.69, 9.17) is 25.5 Å². The van der Waals surface area contributed by atoms with Gasteiger partial charge >= 0.3 is 0 Å².